The molecule has 1 saturated carbocycles. The lowest BCUT2D eigenvalue weighted by Crippen LogP contribution is -1.96. The molecule has 0 bridgehead atoms. The summed E-state index contributed by atoms with van der Waals surface area (Å²) in [5.74, 6) is 0.480. The van der Waals surface area contributed by atoms with Crippen LogP contribution in [0, 0.1) is 5.92 Å². The molecule has 4 nitrogen and oxygen atoms in total. The van der Waals surface area contributed by atoms with Crippen LogP contribution in [-0.4, -0.2) is 16.1 Å². The summed E-state index contributed by atoms with van der Waals surface area (Å²) >= 11 is 0. The van der Waals surface area contributed by atoms with Crippen LogP contribution in [0.3, 0.4) is 0 Å². The minimum atomic E-state index is -0.968. The highest BCUT2D eigenvalue weighted by atomic mass is 16.4. The van der Waals surface area contributed by atoms with Crippen molar-refractivity contribution < 1.29 is 14.3 Å². The Balaban J connectivity index is 1.80. The number of aromatic nitrogens is 1. The normalized spacial score (nSPS) is 16.2. The van der Waals surface area contributed by atoms with Gasteiger partial charge in [0.2, 0.25) is 0 Å². The van der Waals surface area contributed by atoms with Crippen LogP contribution in [0.15, 0.2) is 22.6 Å². The van der Waals surface area contributed by atoms with Gasteiger partial charge in [0.1, 0.15) is 11.1 Å². The summed E-state index contributed by atoms with van der Waals surface area (Å²) in [6.07, 6.45) is 7.18. The van der Waals surface area contributed by atoms with Crippen LogP contribution >= 0.6 is 0 Å². The number of para-hydroxylation sites is 1. The topological polar surface area (TPSA) is 63.3 Å². The van der Waals surface area contributed by atoms with Crippen molar-refractivity contribution in [2.45, 2.75) is 38.5 Å². The van der Waals surface area contributed by atoms with Crippen molar-refractivity contribution >= 4 is 17.1 Å². The molecule has 0 aliphatic heterocycles. The average molecular weight is 259 g/mol. The molecule has 100 valence electrons. The van der Waals surface area contributed by atoms with Gasteiger partial charge in [0.15, 0.2) is 11.5 Å². The molecule has 1 heterocycles. The van der Waals surface area contributed by atoms with Gasteiger partial charge >= 0.3 is 5.97 Å². The van der Waals surface area contributed by atoms with E-state index in [1.165, 1.54) is 25.7 Å². The van der Waals surface area contributed by atoms with E-state index in [2.05, 4.69) is 4.98 Å². The molecule has 1 fully saturated rings. The highest BCUT2D eigenvalue weighted by molar-refractivity contribution is 5.99. The minimum Gasteiger partial charge on any atom is -0.478 e. The van der Waals surface area contributed by atoms with E-state index in [-0.39, 0.29) is 5.56 Å². The van der Waals surface area contributed by atoms with Crippen molar-refractivity contribution in [2.24, 2.45) is 5.92 Å². The van der Waals surface area contributed by atoms with E-state index in [0.717, 1.165) is 18.8 Å². The van der Waals surface area contributed by atoms with Gasteiger partial charge in [0.25, 0.3) is 0 Å². The van der Waals surface area contributed by atoms with Gasteiger partial charge in [-0.05, 0) is 24.5 Å². The van der Waals surface area contributed by atoms with E-state index in [0.29, 0.717) is 17.0 Å². The molecule has 4 heteroatoms. The summed E-state index contributed by atoms with van der Waals surface area (Å²) in [4.78, 5) is 15.5. The molecular formula is C15H17NO3. The Bertz CT molecular complexity index is 596. The lowest BCUT2D eigenvalue weighted by molar-refractivity contribution is 0.0698. The predicted octanol–water partition coefficient (Wildman–Crippen LogP) is 3.65. The molecule has 1 N–H and O–H groups in total. The zero-order chi connectivity index (χ0) is 13.2. The van der Waals surface area contributed by atoms with Gasteiger partial charge < -0.3 is 9.52 Å². The molecule has 3 rings (SSSR count). The maximum Gasteiger partial charge on any atom is 0.339 e. The number of oxazole rings is 1. The lowest BCUT2D eigenvalue weighted by Gasteiger charge is -2.05. The highest BCUT2D eigenvalue weighted by Crippen LogP contribution is 2.29. The Kier molecular flexibility index (Phi) is 3.23. The van der Waals surface area contributed by atoms with Crippen LogP contribution in [0.25, 0.3) is 11.1 Å². The average Bonchev–Trinajstić information content (AvgIpc) is 3.04. The number of hydrogen-bond donors (Lipinski definition) is 1. The van der Waals surface area contributed by atoms with E-state index >= 15 is 0 Å². The second-order valence-corrected chi connectivity index (χ2v) is 5.26. The standard InChI is InChI=1S/C15H17NO3/c17-15(18)11-6-3-7-12-14(11)19-13(16-12)9-8-10-4-1-2-5-10/h3,6-7,10H,1-2,4-5,8-9H2,(H,17,18). The Hall–Kier alpha value is -1.84. The Morgan fingerprint density at radius 1 is 1.37 bits per heavy atom. The van der Waals surface area contributed by atoms with Crippen LogP contribution < -0.4 is 0 Å². The van der Waals surface area contributed by atoms with Crippen molar-refractivity contribution in [3.63, 3.8) is 0 Å². The third kappa shape index (κ3) is 2.48. The van der Waals surface area contributed by atoms with Crippen molar-refractivity contribution in [2.75, 3.05) is 0 Å². The third-order valence-electron chi connectivity index (χ3n) is 3.93. The van der Waals surface area contributed by atoms with E-state index < -0.39 is 5.97 Å². The molecule has 1 aromatic carbocycles. The van der Waals surface area contributed by atoms with Crippen molar-refractivity contribution in [1.29, 1.82) is 0 Å². The number of rotatable bonds is 4. The fraction of sp³-hybridized carbons (Fsp3) is 0.467. The first-order chi connectivity index (χ1) is 9.24. The number of aryl methyl sites for hydroxylation is 1. The van der Waals surface area contributed by atoms with Gasteiger partial charge in [-0.15, -0.1) is 0 Å². The van der Waals surface area contributed by atoms with Crippen LogP contribution in [0.5, 0.6) is 0 Å². The number of aromatic carboxylic acids is 1. The minimum absolute atomic E-state index is 0.192. The first kappa shape index (κ1) is 12.2. The fourth-order valence-corrected chi connectivity index (χ4v) is 2.90. The maximum absolute atomic E-state index is 11.1. The van der Waals surface area contributed by atoms with E-state index in [9.17, 15) is 4.79 Å². The molecule has 1 aromatic heterocycles. The van der Waals surface area contributed by atoms with Gasteiger partial charge in [-0.2, -0.15) is 0 Å². The monoisotopic (exact) mass is 259 g/mol. The molecule has 0 radical (unpaired) electrons. The Morgan fingerprint density at radius 3 is 2.89 bits per heavy atom. The fourth-order valence-electron chi connectivity index (χ4n) is 2.90. The van der Waals surface area contributed by atoms with Gasteiger partial charge in [-0.1, -0.05) is 31.7 Å². The molecular weight excluding hydrogens is 242 g/mol. The van der Waals surface area contributed by atoms with Gasteiger partial charge in [0, 0.05) is 6.42 Å². The van der Waals surface area contributed by atoms with Crippen LogP contribution in [-0.2, 0) is 6.42 Å². The summed E-state index contributed by atoms with van der Waals surface area (Å²) in [5.41, 5.74) is 1.23. The first-order valence-electron chi connectivity index (χ1n) is 6.86. The highest BCUT2D eigenvalue weighted by Gasteiger charge is 2.18. The summed E-state index contributed by atoms with van der Waals surface area (Å²) in [6, 6.07) is 5.05. The smallest absolute Gasteiger partial charge is 0.339 e. The summed E-state index contributed by atoms with van der Waals surface area (Å²) in [7, 11) is 0. The lowest BCUT2D eigenvalue weighted by atomic mass is 10.0. The van der Waals surface area contributed by atoms with Gasteiger partial charge in [-0.25, -0.2) is 9.78 Å². The third-order valence-corrected chi connectivity index (χ3v) is 3.93. The molecule has 19 heavy (non-hydrogen) atoms. The molecule has 0 amide bonds. The maximum atomic E-state index is 11.1. The molecule has 0 atom stereocenters. The van der Waals surface area contributed by atoms with Crippen molar-refractivity contribution in [3.05, 3.63) is 29.7 Å². The zero-order valence-electron chi connectivity index (χ0n) is 10.8. The summed E-state index contributed by atoms with van der Waals surface area (Å²) < 4.78 is 5.63. The first-order valence-corrected chi connectivity index (χ1v) is 6.86. The molecule has 1 aliphatic carbocycles. The van der Waals surface area contributed by atoms with E-state index in [4.69, 9.17) is 9.52 Å². The number of carboxylic acids is 1. The van der Waals surface area contributed by atoms with E-state index in [1.807, 2.05) is 0 Å². The van der Waals surface area contributed by atoms with Crippen LogP contribution in [0.4, 0.5) is 0 Å². The van der Waals surface area contributed by atoms with Crippen molar-refractivity contribution in [3.8, 4) is 0 Å². The molecule has 0 spiro atoms. The Morgan fingerprint density at radius 2 is 2.16 bits per heavy atom. The van der Waals surface area contributed by atoms with Gasteiger partial charge in [0.05, 0.1) is 0 Å². The molecule has 0 saturated heterocycles. The largest absolute Gasteiger partial charge is 0.478 e. The summed E-state index contributed by atoms with van der Waals surface area (Å²) in [6.45, 7) is 0. The van der Waals surface area contributed by atoms with Crippen molar-refractivity contribution in [1.82, 2.24) is 4.98 Å². The second kappa shape index (κ2) is 5.03. The van der Waals surface area contributed by atoms with Crippen LogP contribution in [0.2, 0.25) is 0 Å². The number of nitrogens with zero attached hydrogens (tertiary/aromatic N) is 1. The number of benzene rings is 1. The quantitative estimate of drug-likeness (QED) is 0.910. The van der Waals surface area contributed by atoms with Crippen LogP contribution in [0.1, 0.15) is 48.4 Å². The van der Waals surface area contributed by atoms with E-state index in [1.54, 1.807) is 18.2 Å². The van der Waals surface area contributed by atoms with Gasteiger partial charge in [-0.3, -0.25) is 0 Å². The number of hydrogen-bond acceptors (Lipinski definition) is 3. The zero-order valence-corrected chi connectivity index (χ0v) is 10.8. The summed E-state index contributed by atoms with van der Waals surface area (Å²) in [5, 5.41) is 9.11. The molecule has 2 aromatic rings. The number of carbonyl (C=O) groups is 1. The number of fused-ring (bicyclic) bond motifs is 1. The second-order valence-electron chi connectivity index (χ2n) is 5.26. The number of carboxylic acid groups (broad SMARTS) is 1. The molecule has 0 unspecified atom stereocenters. The predicted molar refractivity (Wildman–Crippen MR) is 71.2 cm³/mol. The SMILES string of the molecule is O=C(O)c1cccc2nc(CCC3CCCC3)oc12. The molecule has 1 aliphatic rings. The Labute approximate surface area is 111 Å².